The maximum absolute atomic E-state index is 6.10. The Morgan fingerprint density at radius 3 is 2.62 bits per heavy atom. The molecular weight excluding hydrogens is 475 g/mol. The zero-order valence-electron chi connectivity index (χ0n) is 13.4. The highest BCUT2D eigenvalue weighted by Gasteiger charge is 2.13. The summed E-state index contributed by atoms with van der Waals surface area (Å²) in [5.74, 6) is 2.87. The molecule has 24 heavy (non-hydrogen) atoms. The van der Waals surface area contributed by atoms with E-state index in [1.807, 2.05) is 36.0 Å². The van der Waals surface area contributed by atoms with E-state index in [0.717, 1.165) is 45.9 Å². The summed E-state index contributed by atoms with van der Waals surface area (Å²) in [5.41, 5.74) is 8.18. The fraction of sp³-hybridized carbons (Fsp3) is 0.375. The molecule has 2 aromatic rings. The second-order valence-corrected chi connectivity index (χ2v) is 8.24. The second kappa shape index (κ2) is 9.26. The van der Waals surface area contributed by atoms with Crippen LogP contribution in [0.3, 0.4) is 0 Å². The first-order valence-corrected chi connectivity index (χ1v) is 9.83. The molecule has 0 aliphatic carbocycles. The van der Waals surface area contributed by atoms with E-state index < -0.39 is 0 Å². The standard InChI is InChI=1S/C16H19ClN4S2.HI/c1-11-15(12-2-4-13(17)5-3-12)20-14(23-11)10-19-16(18)21-6-8-22-9-7-21;/h2-5H,6-10H2,1H3,(H2,18,19);1H. The number of halogens is 2. The first-order chi connectivity index (χ1) is 11.1. The number of nitrogens with two attached hydrogens (primary N) is 1. The predicted molar refractivity (Wildman–Crippen MR) is 117 cm³/mol. The molecule has 0 atom stereocenters. The van der Waals surface area contributed by atoms with Crippen LogP contribution in [-0.4, -0.2) is 40.4 Å². The molecule has 1 aliphatic heterocycles. The van der Waals surface area contributed by atoms with Crippen LogP contribution in [0.1, 0.15) is 9.88 Å². The van der Waals surface area contributed by atoms with E-state index in [1.54, 1.807) is 11.3 Å². The topological polar surface area (TPSA) is 54.5 Å². The Morgan fingerprint density at radius 2 is 1.96 bits per heavy atom. The van der Waals surface area contributed by atoms with Gasteiger partial charge in [0.1, 0.15) is 5.01 Å². The van der Waals surface area contributed by atoms with Gasteiger partial charge in [-0.25, -0.2) is 9.98 Å². The van der Waals surface area contributed by atoms with Gasteiger partial charge in [0.25, 0.3) is 0 Å². The molecule has 0 radical (unpaired) electrons. The quantitative estimate of drug-likeness (QED) is 0.394. The molecule has 1 aromatic heterocycles. The summed E-state index contributed by atoms with van der Waals surface area (Å²) in [7, 11) is 0. The predicted octanol–water partition coefficient (Wildman–Crippen LogP) is 4.25. The summed E-state index contributed by atoms with van der Waals surface area (Å²) in [4.78, 5) is 12.6. The molecule has 2 N–H and O–H groups in total. The summed E-state index contributed by atoms with van der Waals surface area (Å²) in [5, 5.41) is 1.72. The minimum Gasteiger partial charge on any atom is -0.370 e. The van der Waals surface area contributed by atoms with Gasteiger partial charge in [0.2, 0.25) is 0 Å². The molecule has 0 amide bonds. The number of hydrogen-bond donors (Lipinski definition) is 1. The highest BCUT2D eigenvalue weighted by Crippen LogP contribution is 2.28. The monoisotopic (exact) mass is 494 g/mol. The van der Waals surface area contributed by atoms with Crippen LogP contribution < -0.4 is 5.73 Å². The number of aromatic nitrogens is 1. The SMILES string of the molecule is Cc1sc(CN=C(N)N2CCSCC2)nc1-c1ccc(Cl)cc1.I. The van der Waals surface area contributed by atoms with E-state index in [2.05, 4.69) is 16.8 Å². The van der Waals surface area contributed by atoms with Crippen LogP contribution in [-0.2, 0) is 6.54 Å². The van der Waals surface area contributed by atoms with E-state index in [1.165, 1.54) is 4.88 Å². The van der Waals surface area contributed by atoms with Gasteiger partial charge < -0.3 is 10.6 Å². The third-order valence-electron chi connectivity index (χ3n) is 3.67. The van der Waals surface area contributed by atoms with Gasteiger partial charge in [-0.3, -0.25) is 0 Å². The second-order valence-electron chi connectivity index (χ2n) is 5.29. The lowest BCUT2D eigenvalue weighted by molar-refractivity contribution is 0.455. The molecule has 0 unspecified atom stereocenters. The Morgan fingerprint density at radius 1 is 1.29 bits per heavy atom. The summed E-state index contributed by atoms with van der Waals surface area (Å²) in [6.45, 7) is 4.58. The van der Waals surface area contributed by atoms with Crippen LogP contribution in [0.2, 0.25) is 5.02 Å². The van der Waals surface area contributed by atoms with Gasteiger partial charge in [0, 0.05) is 40.1 Å². The van der Waals surface area contributed by atoms with Crippen LogP contribution >= 0.6 is 58.7 Å². The molecule has 130 valence electrons. The first-order valence-electron chi connectivity index (χ1n) is 7.48. The molecule has 1 aromatic carbocycles. The minimum atomic E-state index is 0. The number of thiazole rings is 1. The average molecular weight is 495 g/mol. The molecule has 1 aliphatic rings. The molecule has 3 rings (SSSR count). The maximum Gasteiger partial charge on any atom is 0.191 e. The Hall–Kier alpha value is -0.510. The lowest BCUT2D eigenvalue weighted by atomic mass is 10.1. The molecule has 0 bridgehead atoms. The fourth-order valence-corrected chi connectivity index (χ4v) is 4.34. The van der Waals surface area contributed by atoms with Gasteiger partial charge in [-0.05, 0) is 19.1 Å². The Bertz CT molecular complexity index is 697. The number of benzene rings is 1. The summed E-state index contributed by atoms with van der Waals surface area (Å²) in [6.07, 6.45) is 0. The van der Waals surface area contributed by atoms with Gasteiger partial charge >= 0.3 is 0 Å². The number of thioether (sulfide) groups is 1. The lowest BCUT2D eigenvalue weighted by Crippen LogP contribution is -2.42. The molecule has 0 spiro atoms. The third-order valence-corrected chi connectivity index (χ3v) is 5.82. The van der Waals surface area contributed by atoms with E-state index in [9.17, 15) is 0 Å². The number of rotatable bonds is 3. The Labute approximate surface area is 172 Å². The molecule has 1 saturated heterocycles. The number of nitrogens with zero attached hydrogens (tertiary/aromatic N) is 3. The van der Waals surface area contributed by atoms with Crippen molar-refractivity contribution >= 4 is 64.6 Å². The molecule has 4 nitrogen and oxygen atoms in total. The minimum absolute atomic E-state index is 0. The number of aryl methyl sites for hydroxylation is 1. The molecule has 2 heterocycles. The molecule has 1 fully saturated rings. The van der Waals surface area contributed by atoms with E-state index in [4.69, 9.17) is 22.3 Å². The van der Waals surface area contributed by atoms with E-state index >= 15 is 0 Å². The summed E-state index contributed by atoms with van der Waals surface area (Å²) < 4.78 is 0. The van der Waals surface area contributed by atoms with Crippen LogP contribution in [0.25, 0.3) is 11.3 Å². The Balaban J connectivity index is 0.00000208. The number of guanidine groups is 1. The van der Waals surface area contributed by atoms with E-state index in [0.29, 0.717) is 12.5 Å². The van der Waals surface area contributed by atoms with Gasteiger partial charge in [0.05, 0.1) is 12.2 Å². The van der Waals surface area contributed by atoms with Gasteiger partial charge in [-0.15, -0.1) is 35.3 Å². The van der Waals surface area contributed by atoms with Gasteiger partial charge in [-0.1, -0.05) is 23.7 Å². The van der Waals surface area contributed by atoms with Crippen molar-refractivity contribution in [2.24, 2.45) is 10.7 Å². The highest BCUT2D eigenvalue weighted by molar-refractivity contribution is 14.0. The summed E-state index contributed by atoms with van der Waals surface area (Å²) >= 11 is 9.58. The third kappa shape index (κ3) is 5.00. The number of aliphatic imine (C=N–C) groups is 1. The van der Waals surface area contributed by atoms with Crippen LogP contribution in [0.15, 0.2) is 29.3 Å². The maximum atomic E-state index is 6.10. The van der Waals surface area contributed by atoms with Crippen LogP contribution in [0, 0.1) is 6.92 Å². The zero-order valence-corrected chi connectivity index (χ0v) is 18.1. The summed E-state index contributed by atoms with van der Waals surface area (Å²) in [6, 6.07) is 7.77. The van der Waals surface area contributed by atoms with Crippen molar-refractivity contribution in [1.29, 1.82) is 0 Å². The van der Waals surface area contributed by atoms with Crippen molar-refractivity contribution in [2.75, 3.05) is 24.6 Å². The number of hydrogen-bond acceptors (Lipinski definition) is 4. The lowest BCUT2D eigenvalue weighted by Gasteiger charge is -2.27. The zero-order chi connectivity index (χ0) is 16.2. The van der Waals surface area contributed by atoms with Crippen molar-refractivity contribution in [3.05, 3.63) is 39.2 Å². The van der Waals surface area contributed by atoms with Crippen molar-refractivity contribution in [3.8, 4) is 11.3 Å². The highest BCUT2D eigenvalue weighted by atomic mass is 127. The first kappa shape index (κ1) is 19.8. The van der Waals surface area contributed by atoms with E-state index in [-0.39, 0.29) is 24.0 Å². The van der Waals surface area contributed by atoms with Gasteiger partial charge in [0.15, 0.2) is 5.96 Å². The fourth-order valence-electron chi connectivity index (χ4n) is 2.44. The largest absolute Gasteiger partial charge is 0.370 e. The van der Waals surface area contributed by atoms with Crippen LogP contribution in [0.4, 0.5) is 0 Å². The molecular formula is C16H20ClIN4S2. The molecule has 0 saturated carbocycles. The normalized spacial score (nSPS) is 15.2. The van der Waals surface area contributed by atoms with Crippen molar-refractivity contribution in [3.63, 3.8) is 0 Å². The Kier molecular flexibility index (Phi) is 7.64. The average Bonchev–Trinajstić information content (AvgIpc) is 2.95. The molecule has 8 heteroatoms. The smallest absolute Gasteiger partial charge is 0.191 e. The van der Waals surface area contributed by atoms with Crippen LogP contribution in [0.5, 0.6) is 0 Å². The van der Waals surface area contributed by atoms with Crippen molar-refractivity contribution in [2.45, 2.75) is 13.5 Å². The van der Waals surface area contributed by atoms with Crippen molar-refractivity contribution in [1.82, 2.24) is 9.88 Å². The van der Waals surface area contributed by atoms with Gasteiger partial charge in [-0.2, -0.15) is 11.8 Å². The van der Waals surface area contributed by atoms with Crippen molar-refractivity contribution < 1.29 is 0 Å².